The van der Waals surface area contributed by atoms with E-state index in [1.165, 1.54) is 4.31 Å². The predicted molar refractivity (Wildman–Crippen MR) is 85.7 cm³/mol. The van der Waals surface area contributed by atoms with Crippen LogP contribution in [0, 0.1) is 0 Å². The fourth-order valence-corrected chi connectivity index (χ4v) is 4.08. The third-order valence-electron chi connectivity index (χ3n) is 3.54. The summed E-state index contributed by atoms with van der Waals surface area (Å²) in [5, 5.41) is 0. The van der Waals surface area contributed by atoms with E-state index in [1.807, 2.05) is 25.9 Å². The molecule has 7 nitrogen and oxygen atoms in total. The molecule has 1 fully saturated rings. The van der Waals surface area contributed by atoms with Crippen molar-refractivity contribution in [3.63, 3.8) is 0 Å². The zero-order valence-corrected chi connectivity index (χ0v) is 14.2. The molecule has 1 aromatic heterocycles. The summed E-state index contributed by atoms with van der Waals surface area (Å²) >= 11 is 0. The molecule has 0 saturated carbocycles. The summed E-state index contributed by atoms with van der Waals surface area (Å²) in [7, 11) is 0.563. The van der Waals surface area contributed by atoms with Crippen molar-refractivity contribution in [2.75, 3.05) is 37.8 Å². The standard InChI is InChI=1S/C14H24N4O3S/c1-4-10-22(19,20)18-9-5-6-12(11-18)21-14-13(17(2)3)15-7-8-16-14/h7-8,12H,4-6,9-11H2,1-3H3/t12-/m0/s1. The van der Waals surface area contributed by atoms with Crippen LogP contribution in [0.5, 0.6) is 5.88 Å². The van der Waals surface area contributed by atoms with Crippen molar-refractivity contribution in [2.45, 2.75) is 32.3 Å². The number of rotatable bonds is 6. The molecule has 0 radical (unpaired) electrons. The normalized spacial score (nSPS) is 19.9. The first-order valence-electron chi connectivity index (χ1n) is 7.57. The Balaban J connectivity index is 2.08. The molecule has 8 heteroatoms. The van der Waals surface area contributed by atoms with Crippen LogP contribution >= 0.6 is 0 Å². The lowest BCUT2D eigenvalue weighted by molar-refractivity contribution is 0.125. The van der Waals surface area contributed by atoms with E-state index in [4.69, 9.17) is 4.74 Å². The zero-order valence-electron chi connectivity index (χ0n) is 13.4. The van der Waals surface area contributed by atoms with Crippen molar-refractivity contribution in [2.24, 2.45) is 0 Å². The van der Waals surface area contributed by atoms with E-state index < -0.39 is 10.0 Å². The second kappa shape index (κ2) is 7.23. The van der Waals surface area contributed by atoms with Crippen LogP contribution in [-0.4, -0.2) is 61.7 Å². The minimum absolute atomic E-state index is 0.184. The van der Waals surface area contributed by atoms with E-state index in [-0.39, 0.29) is 11.9 Å². The molecular formula is C14H24N4O3S. The van der Waals surface area contributed by atoms with Crippen molar-refractivity contribution < 1.29 is 13.2 Å². The smallest absolute Gasteiger partial charge is 0.257 e. The summed E-state index contributed by atoms with van der Waals surface area (Å²) < 4.78 is 31.9. The highest BCUT2D eigenvalue weighted by Crippen LogP contribution is 2.25. The SMILES string of the molecule is CCCS(=O)(=O)N1CCC[C@H](Oc2nccnc2N(C)C)C1. The van der Waals surface area contributed by atoms with Gasteiger partial charge in [-0.15, -0.1) is 0 Å². The molecule has 22 heavy (non-hydrogen) atoms. The summed E-state index contributed by atoms with van der Waals surface area (Å²) in [4.78, 5) is 10.3. The first-order valence-corrected chi connectivity index (χ1v) is 9.17. The maximum Gasteiger partial charge on any atom is 0.257 e. The van der Waals surface area contributed by atoms with Gasteiger partial charge in [-0.25, -0.2) is 18.4 Å². The van der Waals surface area contributed by atoms with E-state index in [2.05, 4.69) is 9.97 Å². The van der Waals surface area contributed by atoms with Crippen LogP contribution in [0.25, 0.3) is 0 Å². The average molecular weight is 328 g/mol. The van der Waals surface area contributed by atoms with Crippen LogP contribution < -0.4 is 9.64 Å². The van der Waals surface area contributed by atoms with Gasteiger partial charge in [0, 0.05) is 33.0 Å². The Morgan fingerprint density at radius 3 is 2.77 bits per heavy atom. The second-order valence-corrected chi connectivity index (χ2v) is 7.72. The van der Waals surface area contributed by atoms with Gasteiger partial charge in [0.1, 0.15) is 6.10 Å². The van der Waals surface area contributed by atoms with Crippen LogP contribution in [-0.2, 0) is 10.0 Å². The second-order valence-electron chi connectivity index (χ2n) is 5.64. The zero-order chi connectivity index (χ0) is 16.2. The van der Waals surface area contributed by atoms with Crippen molar-refractivity contribution in [1.82, 2.24) is 14.3 Å². The Morgan fingerprint density at radius 1 is 1.36 bits per heavy atom. The van der Waals surface area contributed by atoms with Gasteiger partial charge < -0.3 is 9.64 Å². The predicted octanol–water partition coefficient (Wildman–Crippen LogP) is 1.13. The van der Waals surface area contributed by atoms with E-state index in [9.17, 15) is 8.42 Å². The summed E-state index contributed by atoms with van der Waals surface area (Å²) in [6.07, 6.45) is 5.25. The molecular weight excluding hydrogens is 304 g/mol. The van der Waals surface area contributed by atoms with Gasteiger partial charge in [-0.05, 0) is 19.3 Å². The number of aromatic nitrogens is 2. The van der Waals surface area contributed by atoms with E-state index in [1.54, 1.807) is 12.4 Å². The molecule has 124 valence electrons. The van der Waals surface area contributed by atoms with Crippen molar-refractivity contribution >= 4 is 15.8 Å². The molecule has 1 saturated heterocycles. The molecule has 0 aromatic carbocycles. The van der Waals surface area contributed by atoms with Gasteiger partial charge in [0.25, 0.3) is 5.88 Å². The molecule has 1 aliphatic rings. The van der Waals surface area contributed by atoms with Gasteiger partial charge in [0.15, 0.2) is 5.82 Å². The summed E-state index contributed by atoms with van der Waals surface area (Å²) in [6.45, 7) is 2.83. The van der Waals surface area contributed by atoms with Crippen LogP contribution in [0.3, 0.4) is 0 Å². The van der Waals surface area contributed by atoms with Crippen LogP contribution in [0.2, 0.25) is 0 Å². The Kier molecular flexibility index (Phi) is 5.57. The van der Waals surface area contributed by atoms with Gasteiger partial charge in [-0.3, -0.25) is 0 Å². The quantitative estimate of drug-likeness (QED) is 0.779. The number of hydrogen-bond acceptors (Lipinski definition) is 6. The summed E-state index contributed by atoms with van der Waals surface area (Å²) in [5.41, 5.74) is 0. The molecule has 2 heterocycles. The molecule has 0 bridgehead atoms. The molecule has 1 aromatic rings. The third kappa shape index (κ3) is 4.07. The molecule has 1 aliphatic heterocycles. The number of anilines is 1. The lowest BCUT2D eigenvalue weighted by Crippen LogP contribution is -2.45. The number of piperidine rings is 1. The Morgan fingerprint density at radius 2 is 2.09 bits per heavy atom. The van der Waals surface area contributed by atoms with E-state index in [0.717, 1.165) is 12.8 Å². The van der Waals surface area contributed by atoms with Crippen LogP contribution in [0.15, 0.2) is 12.4 Å². The first-order chi connectivity index (χ1) is 10.4. The highest BCUT2D eigenvalue weighted by atomic mass is 32.2. The van der Waals surface area contributed by atoms with E-state index in [0.29, 0.717) is 31.2 Å². The van der Waals surface area contributed by atoms with Crippen LogP contribution in [0.1, 0.15) is 26.2 Å². The molecule has 0 aliphatic carbocycles. The van der Waals surface area contributed by atoms with E-state index >= 15 is 0 Å². The Labute approximate surface area is 132 Å². The fourth-order valence-electron chi connectivity index (χ4n) is 2.51. The molecule has 1 atom stereocenters. The molecule has 0 amide bonds. The van der Waals surface area contributed by atoms with Gasteiger partial charge in [-0.2, -0.15) is 4.31 Å². The topological polar surface area (TPSA) is 75.6 Å². The average Bonchev–Trinajstić information content (AvgIpc) is 2.48. The minimum atomic E-state index is -3.18. The highest BCUT2D eigenvalue weighted by Gasteiger charge is 2.30. The highest BCUT2D eigenvalue weighted by molar-refractivity contribution is 7.89. The maximum absolute atomic E-state index is 12.2. The fraction of sp³-hybridized carbons (Fsp3) is 0.714. The van der Waals surface area contributed by atoms with Gasteiger partial charge in [0.05, 0.1) is 12.3 Å². The van der Waals surface area contributed by atoms with Gasteiger partial charge in [-0.1, -0.05) is 6.92 Å². The monoisotopic (exact) mass is 328 g/mol. The maximum atomic E-state index is 12.2. The number of ether oxygens (including phenoxy) is 1. The Hall–Kier alpha value is -1.41. The number of sulfonamides is 1. The molecule has 0 unspecified atom stereocenters. The molecule has 2 rings (SSSR count). The third-order valence-corrected chi connectivity index (χ3v) is 5.59. The van der Waals surface area contributed by atoms with Crippen molar-refractivity contribution in [3.8, 4) is 5.88 Å². The van der Waals surface area contributed by atoms with Crippen molar-refractivity contribution in [3.05, 3.63) is 12.4 Å². The minimum Gasteiger partial charge on any atom is -0.470 e. The Bertz CT molecular complexity index is 592. The lowest BCUT2D eigenvalue weighted by atomic mass is 10.1. The molecule has 0 spiro atoms. The van der Waals surface area contributed by atoms with Crippen molar-refractivity contribution in [1.29, 1.82) is 0 Å². The lowest BCUT2D eigenvalue weighted by Gasteiger charge is -2.32. The first kappa shape index (κ1) is 17.0. The van der Waals surface area contributed by atoms with Crippen LogP contribution in [0.4, 0.5) is 5.82 Å². The summed E-state index contributed by atoms with van der Waals surface area (Å²) in [6, 6.07) is 0. The number of hydrogen-bond donors (Lipinski definition) is 0. The summed E-state index contributed by atoms with van der Waals surface area (Å²) in [5.74, 6) is 1.29. The van der Waals surface area contributed by atoms with Gasteiger partial charge >= 0.3 is 0 Å². The number of nitrogens with zero attached hydrogens (tertiary/aromatic N) is 4. The largest absolute Gasteiger partial charge is 0.470 e. The van der Waals surface area contributed by atoms with Gasteiger partial charge in [0.2, 0.25) is 10.0 Å². The molecule has 0 N–H and O–H groups in total.